The third-order valence-electron chi connectivity index (χ3n) is 0. The fraction of sp³-hybridized carbons (Fsp3) is 0. The van der Waals surface area contributed by atoms with Crippen molar-refractivity contribution >= 4 is 0 Å². The van der Waals surface area contributed by atoms with Crippen molar-refractivity contribution in [3.05, 3.63) is 0 Å². The zero-order valence-corrected chi connectivity index (χ0v) is 8.40. The zero-order valence-electron chi connectivity index (χ0n) is 3.08. The molecule has 0 aromatic heterocycles. The standard InChI is InChI=1S/FH.K.Nb.3O/h1H;;;;;/q;+1;;;;-1. The topological polar surface area (TPSA) is 57.2 Å². The van der Waals surface area contributed by atoms with E-state index in [1.807, 2.05) is 0 Å². The molecule has 0 saturated carbocycles. The van der Waals surface area contributed by atoms with Crippen molar-refractivity contribution in [3.63, 3.8) is 0 Å². The van der Waals surface area contributed by atoms with Gasteiger partial charge in [-0.05, 0) is 0 Å². The molecular weight excluding hydrogens is 199 g/mol. The average Bonchev–Trinajstić information content (AvgIpc) is 0.811. The Balaban J connectivity index is -0.0000000450. The molecule has 6 heteroatoms. The van der Waals surface area contributed by atoms with E-state index >= 15 is 0 Å². The Kier molecular flexibility index (Phi) is 26.0. The summed E-state index contributed by atoms with van der Waals surface area (Å²) in [6, 6.07) is 0. The fourth-order valence-electron chi connectivity index (χ4n) is 0. The first-order valence-electron chi connectivity index (χ1n) is 0.548. The van der Waals surface area contributed by atoms with Crippen LogP contribution in [0.3, 0.4) is 0 Å². The van der Waals surface area contributed by atoms with Gasteiger partial charge in [0.1, 0.15) is 0 Å². The normalized spacial score (nSPS) is 4.17. The second-order valence-corrected chi connectivity index (χ2v) is 1.32. The van der Waals surface area contributed by atoms with Crippen molar-refractivity contribution in [1.29, 1.82) is 0 Å². The Morgan fingerprint density at radius 1 is 1.33 bits per heavy atom. The quantitative estimate of drug-likeness (QED) is 0.372. The van der Waals surface area contributed by atoms with Crippen LogP contribution in [0.15, 0.2) is 0 Å². The third-order valence-corrected chi connectivity index (χ3v) is 0. The van der Waals surface area contributed by atoms with Gasteiger partial charge in [0.2, 0.25) is 0 Å². The van der Waals surface area contributed by atoms with Gasteiger partial charge in [-0.15, -0.1) is 0 Å². The van der Waals surface area contributed by atoms with Crippen LogP contribution < -0.4 is 55.0 Å². The van der Waals surface area contributed by atoms with Crippen molar-refractivity contribution in [2.75, 3.05) is 0 Å². The number of hydrogen-bond donors (Lipinski definition) is 0. The van der Waals surface area contributed by atoms with Gasteiger partial charge in [-0.3, -0.25) is 4.70 Å². The minimum atomic E-state index is -4.20. The summed E-state index contributed by atoms with van der Waals surface area (Å²) in [6.45, 7) is 0. The number of hydrogen-bond acceptors (Lipinski definition) is 3. The number of halogens is 1. The molecule has 0 N–H and O–H groups in total. The molecule has 0 aliphatic rings. The molecule has 0 bridgehead atoms. The van der Waals surface area contributed by atoms with Crippen LogP contribution in [0.5, 0.6) is 0 Å². The molecule has 0 atom stereocenters. The summed E-state index contributed by atoms with van der Waals surface area (Å²) in [5, 5.41) is 0. The molecule has 0 spiro atoms. The minimum absolute atomic E-state index is 0. The summed E-state index contributed by atoms with van der Waals surface area (Å²) in [5.74, 6) is 0. The van der Waals surface area contributed by atoms with E-state index in [1.54, 1.807) is 0 Å². The molecule has 3 nitrogen and oxygen atoms in total. The van der Waals surface area contributed by atoms with Crippen molar-refractivity contribution in [1.82, 2.24) is 0 Å². The third kappa shape index (κ3) is 39.9. The fourth-order valence-corrected chi connectivity index (χ4v) is 0. The molecule has 0 aromatic rings. The van der Waals surface area contributed by atoms with Gasteiger partial charge < -0.3 is 0 Å². The average molecular weight is 200 g/mol. The predicted molar refractivity (Wildman–Crippen MR) is 3.88 cm³/mol. The van der Waals surface area contributed by atoms with Crippen molar-refractivity contribution in [3.8, 4) is 0 Å². The zero-order chi connectivity index (χ0) is 3.58. The molecular formula is HFKNbO3. The van der Waals surface area contributed by atoms with E-state index in [2.05, 4.69) is 0 Å². The second-order valence-electron chi connectivity index (χ2n) is 0.224. The van der Waals surface area contributed by atoms with E-state index in [1.165, 1.54) is 0 Å². The Labute approximate surface area is 83.2 Å². The van der Waals surface area contributed by atoms with Gasteiger partial charge in [0.15, 0.2) is 0 Å². The molecule has 0 aromatic carbocycles. The van der Waals surface area contributed by atoms with Crippen LogP contribution in [0.4, 0.5) is 4.70 Å². The van der Waals surface area contributed by atoms with Crippen molar-refractivity contribution in [2.45, 2.75) is 0 Å². The van der Waals surface area contributed by atoms with Gasteiger partial charge in [-0.2, -0.15) is 0 Å². The van der Waals surface area contributed by atoms with Crippen LogP contribution in [-0.4, -0.2) is 0 Å². The van der Waals surface area contributed by atoms with Crippen LogP contribution in [0.25, 0.3) is 0 Å². The van der Waals surface area contributed by atoms with Gasteiger partial charge in [0, 0.05) is 0 Å². The summed E-state index contributed by atoms with van der Waals surface area (Å²) in [7, 11) is 0. The summed E-state index contributed by atoms with van der Waals surface area (Å²) in [6.07, 6.45) is 0. The summed E-state index contributed by atoms with van der Waals surface area (Å²) >= 11 is -4.20. The van der Waals surface area contributed by atoms with Crippen molar-refractivity contribution in [2.24, 2.45) is 0 Å². The molecule has 0 fully saturated rings. The SMILES string of the molecule is F.[K+].[O]=[Nb](=[O])[O-]. The van der Waals surface area contributed by atoms with Crippen molar-refractivity contribution < 1.29 is 85.0 Å². The monoisotopic (exact) mass is 200 g/mol. The second kappa shape index (κ2) is 9.98. The van der Waals surface area contributed by atoms with E-state index in [-0.39, 0.29) is 56.1 Å². The van der Waals surface area contributed by atoms with Crippen LogP contribution in [0.2, 0.25) is 0 Å². The Morgan fingerprint density at radius 3 is 1.33 bits per heavy atom. The first kappa shape index (κ1) is 15.7. The summed E-state index contributed by atoms with van der Waals surface area (Å²) in [5.41, 5.74) is 0. The maximum absolute atomic E-state index is 8.60. The van der Waals surface area contributed by atoms with E-state index in [0.717, 1.165) is 0 Å². The van der Waals surface area contributed by atoms with Crippen LogP contribution >= 0.6 is 0 Å². The van der Waals surface area contributed by atoms with Gasteiger partial charge in [-0.25, -0.2) is 0 Å². The molecule has 0 heterocycles. The summed E-state index contributed by atoms with van der Waals surface area (Å²) < 4.78 is 25.8. The first-order valence-corrected chi connectivity index (χ1v) is 3.24. The van der Waals surface area contributed by atoms with Gasteiger partial charge >= 0.3 is 80.3 Å². The van der Waals surface area contributed by atoms with E-state index in [9.17, 15) is 0 Å². The van der Waals surface area contributed by atoms with E-state index in [4.69, 9.17) is 10.1 Å². The van der Waals surface area contributed by atoms with Crippen LogP contribution in [-0.2, 0) is 25.3 Å². The van der Waals surface area contributed by atoms with Crippen LogP contribution in [0.1, 0.15) is 0 Å². The van der Waals surface area contributed by atoms with Crippen LogP contribution in [0, 0.1) is 0 Å². The Bertz CT molecular complexity index is 59.2. The molecule has 0 amide bonds. The molecule has 0 aliphatic heterocycles. The number of rotatable bonds is 0. The Hall–Kier alpha value is 1.87. The van der Waals surface area contributed by atoms with Gasteiger partial charge in [0.25, 0.3) is 0 Å². The predicted octanol–water partition coefficient (Wildman–Crippen LogP) is -4.27. The molecule has 0 aliphatic carbocycles. The molecule has 0 saturated heterocycles. The van der Waals surface area contributed by atoms with E-state index in [0.29, 0.717) is 0 Å². The van der Waals surface area contributed by atoms with Gasteiger partial charge in [0.05, 0.1) is 0 Å². The first-order chi connectivity index (χ1) is 1.73. The molecule has 0 unspecified atom stereocenters. The molecule has 0 rings (SSSR count). The molecule has 32 valence electrons. The maximum atomic E-state index is 8.60. The van der Waals surface area contributed by atoms with E-state index < -0.39 is 18.8 Å². The summed E-state index contributed by atoms with van der Waals surface area (Å²) in [4.78, 5) is 0. The van der Waals surface area contributed by atoms with Gasteiger partial charge in [-0.1, -0.05) is 0 Å². The molecule has 6 heavy (non-hydrogen) atoms. The Morgan fingerprint density at radius 2 is 1.33 bits per heavy atom. The molecule has 0 radical (unpaired) electrons.